The first kappa shape index (κ1) is 28.7. The first-order chi connectivity index (χ1) is 17.6. The lowest BCUT2D eigenvalue weighted by Crippen LogP contribution is -2.60. The summed E-state index contributed by atoms with van der Waals surface area (Å²) in [6.07, 6.45) is 9.36. The van der Waals surface area contributed by atoms with Gasteiger partial charge < -0.3 is 19.8 Å². The Bertz CT molecular complexity index is 925. The second kappa shape index (κ2) is 11.4. The number of likely N-dealkylation sites (tertiary alicyclic amines) is 1. The second-order valence-electron chi connectivity index (χ2n) is 11.5. The van der Waals surface area contributed by atoms with E-state index in [1.54, 1.807) is 40.8 Å². The van der Waals surface area contributed by atoms with Crippen molar-refractivity contribution in [3.05, 3.63) is 25.3 Å². The average Bonchev–Trinajstić information content (AvgIpc) is 3.46. The lowest BCUT2D eigenvalue weighted by atomic mass is 9.70. The predicted octanol–water partition coefficient (Wildman–Crippen LogP) is 3.46. The van der Waals surface area contributed by atoms with Gasteiger partial charge in [0.25, 0.3) is 0 Å². The molecular weight excluding hydrogens is 554 g/mol. The zero-order chi connectivity index (χ0) is 27.1. The van der Waals surface area contributed by atoms with Crippen LogP contribution in [0.25, 0.3) is 0 Å². The number of aliphatic hydroxyl groups is 1. The second-order valence-corrected chi connectivity index (χ2v) is 14.2. The Morgan fingerprint density at radius 1 is 1.19 bits per heavy atom. The first-order valence-electron chi connectivity index (χ1n) is 13.7. The molecule has 0 aromatic carbocycles. The summed E-state index contributed by atoms with van der Waals surface area (Å²) >= 11 is 5.49. The molecule has 0 aromatic rings. The van der Waals surface area contributed by atoms with Crippen LogP contribution in [0.1, 0.15) is 52.4 Å². The predicted molar refractivity (Wildman–Crippen MR) is 151 cm³/mol. The molecule has 37 heavy (non-hydrogen) atoms. The molecule has 4 fully saturated rings. The number of fused-ring (bicyclic) bond motifs is 1. The summed E-state index contributed by atoms with van der Waals surface area (Å²) in [7, 11) is 1.75. The van der Waals surface area contributed by atoms with Crippen LogP contribution < -0.4 is 0 Å². The number of nitrogens with zero attached hydrogens (tertiary/aromatic N) is 3. The van der Waals surface area contributed by atoms with Crippen molar-refractivity contribution in [1.82, 2.24) is 14.7 Å². The van der Waals surface area contributed by atoms with E-state index in [2.05, 4.69) is 29.1 Å². The monoisotopic (exact) mass is 595 g/mol. The quantitative estimate of drug-likeness (QED) is 0.309. The van der Waals surface area contributed by atoms with Crippen LogP contribution in [0.15, 0.2) is 25.3 Å². The van der Waals surface area contributed by atoms with Gasteiger partial charge in [0, 0.05) is 36.3 Å². The molecular formula is C28H42BrN3O4S. The van der Waals surface area contributed by atoms with E-state index in [1.807, 2.05) is 18.7 Å². The van der Waals surface area contributed by atoms with Crippen LogP contribution in [0.3, 0.4) is 0 Å². The van der Waals surface area contributed by atoms with Crippen molar-refractivity contribution in [1.29, 1.82) is 0 Å². The fourth-order valence-electron chi connectivity index (χ4n) is 7.25. The Labute approximate surface area is 234 Å². The molecule has 0 aromatic heterocycles. The Hall–Kier alpha value is -1.32. The molecule has 9 heteroatoms. The molecule has 7 atom stereocenters. The standard InChI is InChI=1S/C28H42BrN3O4S/c1-6-13-30(5)25(34)21-22-26(35)32(20(16-33)17(3)4)24(28(22)15-19(29)23(21)37-28)27(36)31(14-7-2)18-11-9-8-10-12-18/h6-7,17-24,33H,1-2,8-16H2,3-5H3/t19?,20-,21+,22-,23+,24?,28?/m0/s1. The van der Waals surface area contributed by atoms with Crippen LogP contribution in [0.2, 0.25) is 0 Å². The lowest BCUT2D eigenvalue weighted by molar-refractivity contribution is -0.148. The number of carbonyl (C=O) groups is 3. The molecule has 3 amide bonds. The molecule has 206 valence electrons. The number of likely N-dealkylation sites (N-methyl/N-ethyl adjacent to an activating group) is 1. The normalized spacial score (nSPS) is 33.9. The van der Waals surface area contributed by atoms with Gasteiger partial charge in [-0.25, -0.2) is 0 Å². The van der Waals surface area contributed by atoms with Gasteiger partial charge in [0.1, 0.15) is 6.04 Å². The highest BCUT2D eigenvalue weighted by atomic mass is 79.9. The molecule has 3 saturated heterocycles. The van der Waals surface area contributed by atoms with Crippen molar-refractivity contribution in [2.24, 2.45) is 17.8 Å². The summed E-state index contributed by atoms with van der Waals surface area (Å²) in [5, 5.41) is 10.4. The van der Waals surface area contributed by atoms with E-state index >= 15 is 0 Å². The Morgan fingerprint density at radius 3 is 2.41 bits per heavy atom. The average molecular weight is 597 g/mol. The number of thioether (sulfide) groups is 1. The zero-order valence-corrected chi connectivity index (χ0v) is 24.8. The fraction of sp³-hybridized carbons (Fsp3) is 0.750. The van der Waals surface area contributed by atoms with E-state index in [9.17, 15) is 19.5 Å². The van der Waals surface area contributed by atoms with E-state index in [0.29, 0.717) is 19.5 Å². The molecule has 0 radical (unpaired) electrons. The molecule has 1 aliphatic carbocycles. The minimum Gasteiger partial charge on any atom is -0.394 e. The summed E-state index contributed by atoms with van der Waals surface area (Å²) < 4.78 is -0.710. The molecule has 3 aliphatic heterocycles. The van der Waals surface area contributed by atoms with E-state index in [-0.39, 0.29) is 46.4 Å². The van der Waals surface area contributed by atoms with Gasteiger partial charge in [-0.05, 0) is 25.2 Å². The third kappa shape index (κ3) is 4.71. The van der Waals surface area contributed by atoms with Crippen molar-refractivity contribution in [3.8, 4) is 0 Å². The maximum absolute atomic E-state index is 14.6. The van der Waals surface area contributed by atoms with Gasteiger partial charge in [0.2, 0.25) is 17.7 Å². The van der Waals surface area contributed by atoms with Gasteiger partial charge in [0.05, 0.1) is 29.2 Å². The van der Waals surface area contributed by atoms with Gasteiger partial charge in [-0.15, -0.1) is 24.9 Å². The molecule has 2 bridgehead atoms. The van der Waals surface area contributed by atoms with Gasteiger partial charge in [0.15, 0.2) is 0 Å². The highest BCUT2D eigenvalue weighted by Crippen LogP contribution is 2.68. The number of rotatable bonds is 10. The van der Waals surface area contributed by atoms with Crippen molar-refractivity contribution in [2.45, 2.75) is 85.3 Å². The Morgan fingerprint density at radius 2 is 1.84 bits per heavy atom. The number of hydrogen-bond acceptors (Lipinski definition) is 5. The van der Waals surface area contributed by atoms with Gasteiger partial charge in [-0.3, -0.25) is 14.4 Å². The summed E-state index contributed by atoms with van der Waals surface area (Å²) in [6, 6.07) is -1.09. The van der Waals surface area contributed by atoms with E-state index < -0.39 is 28.7 Å². The number of hydrogen-bond donors (Lipinski definition) is 1. The van der Waals surface area contributed by atoms with Crippen LogP contribution >= 0.6 is 27.7 Å². The zero-order valence-electron chi connectivity index (χ0n) is 22.4. The molecule has 4 aliphatic rings. The van der Waals surface area contributed by atoms with Crippen LogP contribution in [-0.2, 0) is 14.4 Å². The summed E-state index contributed by atoms with van der Waals surface area (Å²) in [5.41, 5.74) is 0. The minimum atomic E-state index is -0.719. The van der Waals surface area contributed by atoms with Gasteiger partial charge in [-0.1, -0.05) is 61.2 Å². The van der Waals surface area contributed by atoms with Crippen molar-refractivity contribution >= 4 is 45.4 Å². The van der Waals surface area contributed by atoms with Gasteiger partial charge >= 0.3 is 0 Å². The Balaban J connectivity index is 1.81. The maximum Gasteiger partial charge on any atom is 0.247 e. The largest absolute Gasteiger partial charge is 0.394 e. The highest BCUT2D eigenvalue weighted by Gasteiger charge is 2.76. The molecule has 1 N–H and O–H groups in total. The molecule has 3 heterocycles. The van der Waals surface area contributed by atoms with Crippen molar-refractivity contribution < 1.29 is 19.5 Å². The SMILES string of the molecule is C=CCN(C)C(=O)[C@H]1[C@@H]2SC3(CC2Br)C(C(=O)N(CC=C)C2CCCCC2)N([C@@H](CO)C(C)C)C(=O)[C@H]13. The third-order valence-electron chi connectivity index (χ3n) is 8.96. The first-order valence-corrected chi connectivity index (χ1v) is 15.5. The summed E-state index contributed by atoms with van der Waals surface area (Å²) in [6.45, 7) is 12.3. The summed E-state index contributed by atoms with van der Waals surface area (Å²) in [4.78, 5) is 48.0. The van der Waals surface area contributed by atoms with Crippen LogP contribution in [-0.4, -0.2) is 97.2 Å². The number of alkyl halides is 1. The number of halogens is 1. The molecule has 1 spiro atoms. The van der Waals surface area contributed by atoms with Gasteiger partial charge in [-0.2, -0.15) is 0 Å². The topological polar surface area (TPSA) is 81.2 Å². The Kier molecular flexibility index (Phi) is 8.86. The molecule has 4 rings (SSSR count). The van der Waals surface area contributed by atoms with E-state index in [4.69, 9.17) is 0 Å². The number of carbonyl (C=O) groups excluding carboxylic acids is 3. The van der Waals surface area contributed by atoms with E-state index in [0.717, 1.165) is 25.7 Å². The minimum absolute atomic E-state index is 0.0250. The fourth-order valence-corrected chi connectivity index (χ4v) is 10.8. The van der Waals surface area contributed by atoms with Crippen LogP contribution in [0.5, 0.6) is 0 Å². The molecule has 7 nitrogen and oxygen atoms in total. The van der Waals surface area contributed by atoms with Crippen molar-refractivity contribution in [2.75, 3.05) is 26.7 Å². The lowest BCUT2D eigenvalue weighted by Gasteiger charge is -2.43. The molecule has 1 saturated carbocycles. The third-order valence-corrected chi connectivity index (χ3v) is 12.2. The summed E-state index contributed by atoms with van der Waals surface area (Å²) in [5.74, 6) is -1.43. The smallest absolute Gasteiger partial charge is 0.247 e. The maximum atomic E-state index is 14.6. The van der Waals surface area contributed by atoms with E-state index in [1.165, 1.54) is 6.42 Å². The van der Waals surface area contributed by atoms with Crippen LogP contribution in [0, 0.1) is 17.8 Å². The van der Waals surface area contributed by atoms with Crippen molar-refractivity contribution in [3.63, 3.8) is 0 Å². The molecule has 3 unspecified atom stereocenters. The van der Waals surface area contributed by atoms with Crippen LogP contribution in [0.4, 0.5) is 0 Å². The number of amides is 3. The number of aliphatic hydroxyl groups excluding tert-OH is 1. The highest BCUT2D eigenvalue weighted by molar-refractivity contribution is 9.09.